The molecular weight excluding hydrogens is 200 g/mol. The van der Waals surface area contributed by atoms with E-state index in [1.165, 1.54) is 0 Å². The van der Waals surface area contributed by atoms with Gasteiger partial charge in [-0.3, -0.25) is 9.00 Å². The van der Waals surface area contributed by atoms with E-state index in [2.05, 4.69) is 6.92 Å². The van der Waals surface area contributed by atoms with Gasteiger partial charge < -0.3 is 4.55 Å². The van der Waals surface area contributed by atoms with Crippen molar-refractivity contribution in [3.63, 3.8) is 0 Å². The maximum absolute atomic E-state index is 11.0. The quantitative estimate of drug-likeness (QED) is 0.714. The maximum Gasteiger partial charge on any atom is 0.236 e. The monoisotopic (exact) mass is 211 g/mol. The Morgan fingerprint density at radius 2 is 1.93 bits per heavy atom. The van der Waals surface area contributed by atoms with Crippen LogP contribution in [0.1, 0.15) is 29.3 Å². The van der Waals surface area contributed by atoms with E-state index in [0.29, 0.717) is 0 Å². The van der Waals surface area contributed by atoms with Crippen LogP contribution in [0.15, 0.2) is 24.3 Å². The minimum Gasteiger partial charge on any atom is -0.766 e. The second kappa shape index (κ2) is 5.02. The van der Waals surface area contributed by atoms with E-state index in [-0.39, 0.29) is 5.56 Å². The fourth-order valence-electron chi connectivity index (χ4n) is 1.19. The summed E-state index contributed by atoms with van der Waals surface area (Å²) in [7, 11) is 0. The average molecular weight is 211 g/mol. The summed E-state index contributed by atoms with van der Waals surface area (Å²) in [6, 6.07) is 6.65. The van der Waals surface area contributed by atoms with Gasteiger partial charge in [-0.15, -0.1) is 0 Å². The van der Waals surface area contributed by atoms with Crippen LogP contribution in [0.3, 0.4) is 0 Å². The number of carbonyl (C=O) groups is 1. The van der Waals surface area contributed by atoms with Crippen LogP contribution >= 0.6 is 0 Å². The molecule has 0 aliphatic heterocycles. The first-order valence-electron chi connectivity index (χ1n) is 4.37. The Morgan fingerprint density at radius 3 is 2.36 bits per heavy atom. The van der Waals surface area contributed by atoms with Gasteiger partial charge in [0, 0.05) is 16.6 Å². The molecular formula is C10H11O3S-. The first kappa shape index (κ1) is 11.1. The van der Waals surface area contributed by atoms with Gasteiger partial charge >= 0.3 is 0 Å². The number of hydrogen-bond donors (Lipinski definition) is 0. The standard InChI is InChI=1S/C10H12O3S/c1-2-3-8-4-6-9(7-5-8)10(11)14(12)13/h4-7H,2-3H2,1H3,(H,12,13)/p-1. The molecule has 76 valence electrons. The molecule has 0 spiro atoms. The van der Waals surface area contributed by atoms with E-state index >= 15 is 0 Å². The molecule has 14 heavy (non-hydrogen) atoms. The van der Waals surface area contributed by atoms with Gasteiger partial charge in [0.2, 0.25) is 5.12 Å². The highest BCUT2D eigenvalue weighted by Gasteiger charge is 2.04. The third-order valence-corrected chi connectivity index (χ3v) is 2.42. The van der Waals surface area contributed by atoms with Gasteiger partial charge in [-0.2, -0.15) is 0 Å². The lowest BCUT2D eigenvalue weighted by Crippen LogP contribution is -2.06. The maximum atomic E-state index is 11.0. The highest BCUT2D eigenvalue weighted by molar-refractivity contribution is 7.95. The van der Waals surface area contributed by atoms with E-state index in [9.17, 15) is 13.6 Å². The molecule has 4 heteroatoms. The molecule has 0 aromatic heterocycles. The molecule has 1 aromatic carbocycles. The minimum absolute atomic E-state index is 0.221. The zero-order valence-corrected chi connectivity index (χ0v) is 8.67. The minimum atomic E-state index is -2.66. The first-order valence-corrected chi connectivity index (χ1v) is 5.45. The third kappa shape index (κ3) is 2.75. The van der Waals surface area contributed by atoms with Crippen molar-refractivity contribution in [3.8, 4) is 0 Å². The van der Waals surface area contributed by atoms with Crippen molar-refractivity contribution in [2.24, 2.45) is 0 Å². The van der Waals surface area contributed by atoms with Gasteiger partial charge in [-0.25, -0.2) is 0 Å². The fraction of sp³-hybridized carbons (Fsp3) is 0.300. The molecule has 0 bridgehead atoms. The average Bonchev–Trinajstić information content (AvgIpc) is 2.18. The summed E-state index contributed by atoms with van der Waals surface area (Å²) in [5.41, 5.74) is 1.33. The predicted octanol–water partition coefficient (Wildman–Crippen LogP) is 1.66. The molecule has 0 amide bonds. The Hall–Kier alpha value is -1.00. The lowest BCUT2D eigenvalue weighted by atomic mass is 10.1. The van der Waals surface area contributed by atoms with Crippen LogP contribution in [-0.4, -0.2) is 13.9 Å². The SMILES string of the molecule is CCCc1ccc(C(=O)S(=O)[O-])cc1. The zero-order valence-electron chi connectivity index (χ0n) is 7.86. The molecule has 0 fully saturated rings. The Kier molecular flexibility index (Phi) is 3.98. The Morgan fingerprint density at radius 1 is 1.36 bits per heavy atom. The summed E-state index contributed by atoms with van der Waals surface area (Å²) in [4.78, 5) is 11.0. The van der Waals surface area contributed by atoms with Crippen LogP contribution in [0, 0.1) is 0 Å². The van der Waals surface area contributed by atoms with Crippen LogP contribution in [0.2, 0.25) is 0 Å². The molecule has 3 nitrogen and oxygen atoms in total. The van der Waals surface area contributed by atoms with E-state index in [4.69, 9.17) is 0 Å². The lowest BCUT2D eigenvalue weighted by molar-refractivity contribution is 0.107. The lowest BCUT2D eigenvalue weighted by Gasteiger charge is -2.04. The Labute approximate surface area is 85.4 Å². The summed E-state index contributed by atoms with van der Waals surface area (Å²) >= 11 is -2.66. The molecule has 0 radical (unpaired) electrons. The predicted molar refractivity (Wildman–Crippen MR) is 53.7 cm³/mol. The largest absolute Gasteiger partial charge is 0.766 e. The summed E-state index contributed by atoms with van der Waals surface area (Å²) < 4.78 is 20.7. The molecule has 0 heterocycles. The van der Waals surface area contributed by atoms with Crippen molar-refractivity contribution in [3.05, 3.63) is 35.4 Å². The number of aryl methyl sites for hydroxylation is 1. The molecule has 1 aromatic rings. The summed E-state index contributed by atoms with van der Waals surface area (Å²) in [6.07, 6.45) is 1.97. The molecule has 0 saturated carbocycles. The number of benzene rings is 1. The Bertz CT molecular complexity index is 343. The second-order valence-corrected chi connectivity index (χ2v) is 3.81. The normalized spacial score (nSPS) is 12.4. The molecule has 0 aliphatic carbocycles. The Balaban J connectivity index is 2.83. The van der Waals surface area contributed by atoms with Gasteiger partial charge in [0.15, 0.2) is 0 Å². The van der Waals surface area contributed by atoms with Gasteiger partial charge in [0.25, 0.3) is 0 Å². The first-order chi connectivity index (χ1) is 6.65. The smallest absolute Gasteiger partial charge is 0.236 e. The van der Waals surface area contributed by atoms with E-state index in [1.807, 2.05) is 0 Å². The highest BCUT2D eigenvalue weighted by Crippen LogP contribution is 2.08. The highest BCUT2D eigenvalue weighted by atomic mass is 32.2. The van der Waals surface area contributed by atoms with Crippen LogP contribution < -0.4 is 0 Å². The molecule has 1 rings (SSSR count). The van der Waals surface area contributed by atoms with Crippen LogP contribution in [0.25, 0.3) is 0 Å². The fourth-order valence-corrected chi connectivity index (χ4v) is 1.52. The van der Waals surface area contributed by atoms with Gasteiger partial charge in [0.1, 0.15) is 0 Å². The number of carbonyl (C=O) groups excluding carboxylic acids is 1. The van der Waals surface area contributed by atoms with Crippen molar-refractivity contribution in [1.82, 2.24) is 0 Å². The van der Waals surface area contributed by atoms with E-state index in [1.54, 1.807) is 24.3 Å². The van der Waals surface area contributed by atoms with Crippen LogP contribution in [0.5, 0.6) is 0 Å². The van der Waals surface area contributed by atoms with E-state index < -0.39 is 16.2 Å². The summed E-state index contributed by atoms with van der Waals surface area (Å²) in [6.45, 7) is 2.06. The number of rotatable bonds is 3. The molecule has 0 aliphatic rings. The second-order valence-electron chi connectivity index (χ2n) is 2.97. The summed E-state index contributed by atoms with van der Waals surface area (Å²) in [5.74, 6) is 0. The van der Waals surface area contributed by atoms with Gasteiger partial charge in [-0.1, -0.05) is 37.6 Å². The molecule has 0 saturated heterocycles. The van der Waals surface area contributed by atoms with E-state index in [0.717, 1.165) is 18.4 Å². The van der Waals surface area contributed by atoms with Crippen LogP contribution in [0.4, 0.5) is 0 Å². The van der Waals surface area contributed by atoms with Crippen molar-refractivity contribution in [2.75, 3.05) is 0 Å². The van der Waals surface area contributed by atoms with Crippen molar-refractivity contribution in [2.45, 2.75) is 19.8 Å². The molecule has 1 atom stereocenters. The number of hydrogen-bond acceptors (Lipinski definition) is 3. The molecule has 1 unspecified atom stereocenters. The molecule has 0 N–H and O–H groups in total. The van der Waals surface area contributed by atoms with Gasteiger partial charge in [-0.05, 0) is 12.0 Å². The third-order valence-electron chi connectivity index (χ3n) is 1.88. The zero-order chi connectivity index (χ0) is 10.6. The van der Waals surface area contributed by atoms with Gasteiger partial charge in [0.05, 0.1) is 0 Å². The van der Waals surface area contributed by atoms with Crippen molar-refractivity contribution >= 4 is 16.2 Å². The van der Waals surface area contributed by atoms with Crippen molar-refractivity contribution in [1.29, 1.82) is 0 Å². The van der Waals surface area contributed by atoms with Crippen molar-refractivity contribution < 1.29 is 13.6 Å². The topological polar surface area (TPSA) is 57.2 Å². The van der Waals surface area contributed by atoms with Crippen LogP contribution in [-0.2, 0) is 17.5 Å². The summed E-state index contributed by atoms with van der Waals surface area (Å²) in [5, 5.41) is -0.854.